The summed E-state index contributed by atoms with van der Waals surface area (Å²) in [4.78, 5) is 11.1. The van der Waals surface area contributed by atoms with Crippen molar-refractivity contribution in [2.24, 2.45) is 0 Å². The quantitative estimate of drug-likeness (QED) is 0.438. The van der Waals surface area contributed by atoms with E-state index in [2.05, 4.69) is 0 Å². The number of hydrogen-bond acceptors (Lipinski definition) is 5. The third-order valence-electron chi connectivity index (χ3n) is 1.99. The van der Waals surface area contributed by atoms with Crippen molar-refractivity contribution >= 4 is 5.78 Å². The maximum Gasteiger partial charge on any atom is 0.164 e. The smallest absolute Gasteiger partial charge is 0.164 e. The molecule has 0 aromatic carbocycles. The SMILES string of the molecule is CCCC(=O)[C@H](O)[C@@H](O)[C@@H](O)[C@@H](C)O. The van der Waals surface area contributed by atoms with Gasteiger partial charge in [-0.05, 0) is 13.3 Å². The van der Waals surface area contributed by atoms with Gasteiger partial charge in [-0.1, -0.05) is 6.92 Å². The first-order valence-corrected chi connectivity index (χ1v) is 4.66. The van der Waals surface area contributed by atoms with Gasteiger partial charge in [-0.2, -0.15) is 0 Å². The molecule has 0 aliphatic heterocycles. The second-order valence-electron chi connectivity index (χ2n) is 3.38. The molecule has 0 aliphatic rings. The van der Waals surface area contributed by atoms with Crippen LogP contribution in [0.4, 0.5) is 0 Å². The van der Waals surface area contributed by atoms with Crippen molar-refractivity contribution in [1.82, 2.24) is 0 Å². The van der Waals surface area contributed by atoms with Crippen molar-refractivity contribution in [2.75, 3.05) is 0 Å². The van der Waals surface area contributed by atoms with Gasteiger partial charge in [-0.15, -0.1) is 0 Å². The van der Waals surface area contributed by atoms with Gasteiger partial charge >= 0.3 is 0 Å². The zero-order valence-electron chi connectivity index (χ0n) is 8.42. The van der Waals surface area contributed by atoms with Crippen LogP contribution in [0.25, 0.3) is 0 Å². The Morgan fingerprint density at radius 2 is 1.64 bits per heavy atom. The fourth-order valence-corrected chi connectivity index (χ4v) is 1.06. The summed E-state index contributed by atoms with van der Waals surface area (Å²) < 4.78 is 0. The van der Waals surface area contributed by atoms with E-state index in [1.165, 1.54) is 6.92 Å². The van der Waals surface area contributed by atoms with Crippen LogP contribution in [0.2, 0.25) is 0 Å². The molecule has 0 aliphatic carbocycles. The number of aliphatic hydroxyl groups is 4. The summed E-state index contributed by atoms with van der Waals surface area (Å²) in [5.41, 5.74) is 0. The summed E-state index contributed by atoms with van der Waals surface area (Å²) in [7, 11) is 0. The Bertz CT molecular complexity index is 180. The first-order chi connectivity index (χ1) is 6.41. The van der Waals surface area contributed by atoms with Crippen LogP contribution >= 0.6 is 0 Å². The van der Waals surface area contributed by atoms with Gasteiger partial charge in [-0.25, -0.2) is 0 Å². The Balaban J connectivity index is 4.23. The molecule has 0 aromatic rings. The fourth-order valence-electron chi connectivity index (χ4n) is 1.06. The first-order valence-electron chi connectivity index (χ1n) is 4.66. The Hall–Kier alpha value is -0.490. The first kappa shape index (κ1) is 13.5. The number of Topliss-reactive ketones (excluding diaryl/α,β-unsaturated/α-hetero) is 1. The van der Waals surface area contributed by atoms with Crippen LogP contribution in [0.1, 0.15) is 26.7 Å². The van der Waals surface area contributed by atoms with Gasteiger partial charge in [0.05, 0.1) is 6.10 Å². The van der Waals surface area contributed by atoms with Crippen LogP contribution in [-0.2, 0) is 4.79 Å². The molecule has 0 bridgehead atoms. The topological polar surface area (TPSA) is 98.0 Å². The molecule has 14 heavy (non-hydrogen) atoms. The monoisotopic (exact) mass is 206 g/mol. The maximum atomic E-state index is 11.1. The minimum Gasteiger partial charge on any atom is -0.391 e. The van der Waals surface area contributed by atoms with Crippen LogP contribution in [0.3, 0.4) is 0 Å². The highest BCUT2D eigenvalue weighted by Crippen LogP contribution is 2.07. The van der Waals surface area contributed by atoms with Crippen LogP contribution in [0, 0.1) is 0 Å². The molecule has 0 fully saturated rings. The van der Waals surface area contributed by atoms with E-state index in [1.807, 2.05) is 0 Å². The lowest BCUT2D eigenvalue weighted by Crippen LogP contribution is -2.46. The van der Waals surface area contributed by atoms with Gasteiger partial charge < -0.3 is 20.4 Å². The lowest BCUT2D eigenvalue weighted by Gasteiger charge is -2.23. The number of hydrogen-bond donors (Lipinski definition) is 4. The molecule has 0 saturated heterocycles. The van der Waals surface area contributed by atoms with Gasteiger partial charge in [-0.3, -0.25) is 4.79 Å². The molecule has 0 heterocycles. The number of carbonyl (C=O) groups is 1. The number of carbonyl (C=O) groups excluding carboxylic acids is 1. The van der Waals surface area contributed by atoms with Crippen molar-refractivity contribution in [3.63, 3.8) is 0 Å². The highest BCUT2D eigenvalue weighted by Gasteiger charge is 2.31. The van der Waals surface area contributed by atoms with E-state index in [9.17, 15) is 20.1 Å². The molecule has 4 N–H and O–H groups in total. The number of rotatable bonds is 6. The summed E-state index contributed by atoms with van der Waals surface area (Å²) in [5, 5.41) is 36.6. The average Bonchev–Trinajstić information content (AvgIpc) is 2.14. The van der Waals surface area contributed by atoms with Crippen LogP contribution in [-0.4, -0.2) is 50.6 Å². The van der Waals surface area contributed by atoms with Gasteiger partial charge in [0.1, 0.15) is 18.3 Å². The lowest BCUT2D eigenvalue weighted by molar-refractivity contribution is -0.143. The van der Waals surface area contributed by atoms with E-state index in [0.717, 1.165) is 0 Å². The molecule has 0 saturated carbocycles. The van der Waals surface area contributed by atoms with Crippen molar-refractivity contribution in [3.8, 4) is 0 Å². The molecule has 0 radical (unpaired) electrons. The van der Waals surface area contributed by atoms with E-state index in [-0.39, 0.29) is 6.42 Å². The normalized spacial score (nSPS) is 19.9. The molecular weight excluding hydrogens is 188 g/mol. The van der Waals surface area contributed by atoms with E-state index in [0.29, 0.717) is 6.42 Å². The van der Waals surface area contributed by atoms with E-state index in [4.69, 9.17) is 5.11 Å². The summed E-state index contributed by atoms with van der Waals surface area (Å²) in [6.07, 6.45) is -5.24. The van der Waals surface area contributed by atoms with Gasteiger partial charge in [0.2, 0.25) is 0 Å². The van der Waals surface area contributed by atoms with E-state index < -0.39 is 30.2 Å². The summed E-state index contributed by atoms with van der Waals surface area (Å²) in [5.74, 6) is -0.528. The Labute approximate surface area is 83.0 Å². The second-order valence-corrected chi connectivity index (χ2v) is 3.38. The number of aliphatic hydroxyl groups excluding tert-OH is 4. The standard InChI is InChI=1S/C9H18O5/c1-3-4-6(11)8(13)9(14)7(12)5(2)10/h5,7-10,12-14H,3-4H2,1-2H3/t5-,7+,8+,9+/m1/s1. The Morgan fingerprint density at radius 3 is 2.00 bits per heavy atom. The zero-order valence-corrected chi connectivity index (χ0v) is 8.42. The predicted octanol–water partition coefficient (Wildman–Crippen LogP) is -1.18. The molecule has 0 unspecified atom stereocenters. The molecule has 0 amide bonds. The molecule has 84 valence electrons. The van der Waals surface area contributed by atoms with Crippen molar-refractivity contribution < 1.29 is 25.2 Å². The summed E-state index contributed by atoms with van der Waals surface area (Å²) in [6, 6.07) is 0. The lowest BCUT2D eigenvalue weighted by atomic mass is 9.99. The molecule has 0 rings (SSSR count). The predicted molar refractivity (Wildman–Crippen MR) is 49.6 cm³/mol. The van der Waals surface area contributed by atoms with Gasteiger partial charge in [0.25, 0.3) is 0 Å². The fraction of sp³-hybridized carbons (Fsp3) is 0.889. The second kappa shape index (κ2) is 6.08. The van der Waals surface area contributed by atoms with E-state index in [1.54, 1.807) is 6.92 Å². The molecular formula is C9H18O5. The van der Waals surface area contributed by atoms with Gasteiger partial charge in [0, 0.05) is 6.42 Å². The highest BCUT2D eigenvalue weighted by molar-refractivity contribution is 5.83. The maximum absolute atomic E-state index is 11.1. The van der Waals surface area contributed by atoms with Crippen LogP contribution in [0.15, 0.2) is 0 Å². The molecule has 0 spiro atoms. The number of ketones is 1. The average molecular weight is 206 g/mol. The Kier molecular flexibility index (Phi) is 5.87. The van der Waals surface area contributed by atoms with E-state index >= 15 is 0 Å². The van der Waals surface area contributed by atoms with Gasteiger partial charge in [0.15, 0.2) is 5.78 Å². The van der Waals surface area contributed by atoms with Crippen molar-refractivity contribution in [3.05, 3.63) is 0 Å². The van der Waals surface area contributed by atoms with Crippen LogP contribution in [0.5, 0.6) is 0 Å². The minimum absolute atomic E-state index is 0.144. The third-order valence-corrected chi connectivity index (χ3v) is 1.99. The zero-order chi connectivity index (χ0) is 11.3. The molecule has 4 atom stereocenters. The summed E-state index contributed by atoms with van der Waals surface area (Å²) in [6.45, 7) is 3.03. The highest BCUT2D eigenvalue weighted by atomic mass is 16.4. The Morgan fingerprint density at radius 1 is 1.14 bits per heavy atom. The largest absolute Gasteiger partial charge is 0.391 e. The third kappa shape index (κ3) is 3.71. The van der Waals surface area contributed by atoms with Crippen molar-refractivity contribution in [1.29, 1.82) is 0 Å². The summed E-state index contributed by atoms with van der Waals surface area (Å²) >= 11 is 0. The molecule has 0 aromatic heterocycles. The van der Waals surface area contributed by atoms with Crippen molar-refractivity contribution in [2.45, 2.75) is 51.1 Å². The molecule has 5 nitrogen and oxygen atoms in total. The van der Waals surface area contributed by atoms with Crippen LogP contribution < -0.4 is 0 Å². The molecule has 5 heteroatoms. The minimum atomic E-state index is -1.63.